The lowest BCUT2D eigenvalue weighted by Crippen LogP contribution is -2.45. The number of fused-ring (bicyclic) bond motifs is 14. The Balaban J connectivity index is 1.23. The van der Waals surface area contributed by atoms with E-state index in [-0.39, 0.29) is 0 Å². The molecule has 0 amide bonds. The fraction of sp³-hybridized carbons (Fsp3) is 0.0345. The summed E-state index contributed by atoms with van der Waals surface area (Å²) >= 11 is 7.72. The second-order valence-corrected chi connectivity index (χ2v) is 20.6. The molecule has 2 spiro atoms. The van der Waals surface area contributed by atoms with E-state index in [9.17, 15) is 0 Å². The minimum absolute atomic E-state index is 0.640. The Hall–Kier alpha value is -6.54. The Morgan fingerprint density at radius 3 is 0.797 bits per heavy atom. The third-order valence-corrected chi connectivity index (χ3v) is 17.8. The van der Waals surface area contributed by atoms with Crippen LogP contribution in [0.1, 0.15) is 43.1 Å². The standard InChI is InChI=1S/C58H38N2S4/c1-5-21-39(22-6-1)59(40-23-7-2-8-24-40)53-37-47-55(63-53)58(45-31-15-19-35-51(45)62-52-36-20-16-32-46(52)58)48-38-54(60(41-25-9-3-10-26-41)42-27-11-4-12-28-42)64-56(48)57(47)43-29-13-17-33-49(43)61-50-34-18-14-30-44(50)57/h1-38H. The zero-order valence-corrected chi connectivity index (χ0v) is 37.7. The van der Waals surface area contributed by atoms with Crippen molar-refractivity contribution in [2.24, 2.45) is 0 Å². The van der Waals surface area contributed by atoms with Crippen LogP contribution in [0.4, 0.5) is 32.8 Å². The van der Waals surface area contributed by atoms with Crippen molar-refractivity contribution in [3.63, 3.8) is 0 Å². The molecule has 0 unspecified atom stereocenters. The van der Waals surface area contributed by atoms with Crippen LogP contribution in [0.2, 0.25) is 0 Å². The Bertz CT molecular complexity index is 2920. The lowest BCUT2D eigenvalue weighted by Gasteiger charge is -2.51. The Kier molecular flexibility index (Phi) is 8.92. The number of nitrogens with zero attached hydrogens (tertiary/aromatic N) is 2. The van der Waals surface area contributed by atoms with Crippen molar-refractivity contribution in [1.82, 2.24) is 0 Å². The third-order valence-electron chi connectivity index (χ3n) is 13.0. The molecular formula is C58H38N2S4. The molecule has 6 heteroatoms. The van der Waals surface area contributed by atoms with Crippen molar-refractivity contribution in [2.75, 3.05) is 9.80 Å². The van der Waals surface area contributed by atoms with Gasteiger partial charge in [0.1, 0.15) is 10.0 Å². The molecule has 0 atom stereocenters. The van der Waals surface area contributed by atoms with Crippen LogP contribution in [0.3, 0.4) is 0 Å². The van der Waals surface area contributed by atoms with Gasteiger partial charge in [-0.2, -0.15) is 0 Å². The summed E-state index contributed by atoms with van der Waals surface area (Å²) in [4.78, 5) is 12.8. The van der Waals surface area contributed by atoms with Gasteiger partial charge in [0.25, 0.3) is 0 Å². The fourth-order valence-corrected chi connectivity index (χ4v) is 15.9. The summed E-state index contributed by atoms with van der Waals surface area (Å²) in [6.07, 6.45) is 0. The first-order valence-corrected chi connectivity index (χ1v) is 24.8. The van der Waals surface area contributed by atoms with Gasteiger partial charge in [0.05, 0.1) is 10.8 Å². The molecule has 2 nitrogen and oxygen atoms in total. The van der Waals surface area contributed by atoms with Gasteiger partial charge >= 0.3 is 0 Å². The fourth-order valence-electron chi connectivity index (χ4n) is 10.5. The summed E-state index contributed by atoms with van der Waals surface area (Å²) in [6.45, 7) is 0. The van der Waals surface area contributed by atoms with Crippen molar-refractivity contribution in [3.05, 3.63) is 274 Å². The molecule has 0 fully saturated rings. The van der Waals surface area contributed by atoms with Gasteiger partial charge in [-0.1, -0.05) is 169 Å². The molecule has 64 heavy (non-hydrogen) atoms. The SMILES string of the molecule is c1ccc(N(c2ccccc2)c2cc3c(s2)C2(c4ccccc4Sc4ccccc42)c2cc(N(c4ccccc4)c4ccccc4)sc2C32c3ccccc3Sc3ccccc32)cc1. The normalized spacial score (nSPS) is 14.4. The Morgan fingerprint density at radius 1 is 0.266 bits per heavy atom. The van der Waals surface area contributed by atoms with Gasteiger partial charge in [-0.3, -0.25) is 0 Å². The molecule has 304 valence electrons. The lowest BCUT2D eigenvalue weighted by atomic mass is 9.55. The summed E-state index contributed by atoms with van der Waals surface area (Å²) in [6, 6.07) is 85.6. The summed E-state index contributed by atoms with van der Waals surface area (Å²) < 4.78 is 0. The van der Waals surface area contributed by atoms with E-state index in [1.165, 1.54) is 72.7 Å². The first kappa shape index (κ1) is 38.0. The minimum atomic E-state index is -0.640. The van der Waals surface area contributed by atoms with Gasteiger partial charge in [-0.25, -0.2) is 0 Å². The van der Waals surface area contributed by atoms with E-state index in [1.54, 1.807) is 0 Å². The quantitative estimate of drug-likeness (QED) is 0.164. The van der Waals surface area contributed by atoms with E-state index >= 15 is 0 Å². The van der Waals surface area contributed by atoms with Crippen molar-refractivity contribution in [1.29, 1.82) is 0 Å². The third kappa shape index (κ3) is 5.47. The van der Waals surface area contributed by atoms with Gasteiger partial charge in [-0.15, -0.1) is 22.7 Å². The molecule has 2 aliphatic heterocycles. The summed E-state index contributed by atoms with van der Waals surface area (Å²) in [5.41, 5.74) is 11.3. The van der Waals surface area contributed by atoms with Crippen molar-refractivity contribution in [3.8, 4) is 0 Å². The maximum atomic E-state index is 2.58. The minimum Gasteiger partial charge on any atom is -0.302 e. The predicted octanol–water partition coefficient (Wildman–Crippen LogP) is 16.8. The highest BCUT2D eigenvalue weighted by Gasteiger charge is 2.60. The molecule has 0 bridgehead atoms. The smallest absolute Gasteiger partial charge is 0.101 e. The molecule has 0 N–H and O–H groups in total. The zero-order chi connectivity index (χ0) is 42.2. The van der Waals surface area contributed by atoms with Gasteiger partial charge in [0.15, 0.2) is 0 Å². The summed E-state index contributed by atoms with van der Waals surface area (Å²) in [5, 5.41) is 2.38. The van der Waals surface area contributed by atoms with Crippen molar-refractivity contribution in [2.45, 2.75) is 30.4 Å². The molecular weight excluding hydrogens is 853 g/mol. The van der Waals surface area contributed by atoms with Crippen LogP contribution in [-0.2, 0) is 10.8 Å². The zero-order valence-electron chi connectivity index (χ0n) is 34.5. The second kappa shape index (κ2) is 15.0. The molecule has 8 aromatic carbocycles. The van der Waals surface area contributed by atoms with E-state index in [1.807, 2.05) is 46.2 Å². The average molecular weight is 891 g/mol. The molecule has 0 saturated carbocycles. The van der Waals surface area contributed by atoms with Crippen LogP contribution in [-0.4, -0.2) is 0 Å². The molecule has 4 heterocycles. The first-order valence-electron chi connectivity index (χ1n) is 21.6. The van der Waals surface area contributed by atoms with Gasteiger partial charge < -0.3 is 9.80 Å². The molecule has 2 aromatic heterocycles. The molecule has 0 radical (unpaired) electrons. The highest BCUT2D eigenvalue weighted by molar-refractivity contribution is 7.99. The Morgan fingerprint density at radius 2 is 0.516 bits per heavy atom. The highest BCUT2D eigenvalue weighted by atomic mass is 32.2. The molecule has 13 rings (SSSR count). The van der Waals surface area contributed by atoms with Crippen molar-refractivity contribution < 1.29 is 0 Å². The monoisotopic (exact) mass is 890 g/mol. The summed E-state index contributed by atoms with van der Waals surface area (Å²) in [5.74, 6) is 0. The molecule has 3 aliphatic rings. The summed E-state index contributed by atoms with van der Waals surface area (Å²) in [7, 11) is 0. The highest BCUT2D eigenvalue weighted by Crippen LogP contribution is 2.71. The maximum absolute atomic E-state index is 2.58. The van der Waals surface area contributed by atoms with Crippen LogP contribution in [0.15, 0.2) is 250 Å². The number of hydrogen-bond donors (Lipinski definition) is 0. The van der Waals surface area contributed by atoms with E-state index in [4.69, 9.17) is 0 Å². The first-order chi connectivity index (χ1) is 31.7. The number of para-hydroxylation sites is 4. The second-order valence-electron chi connectivity index (χ2n) is 16.4. The lowest BCUT2D eigenvalue weighted by molar-refractivity contribution is 0.609. The Labute approximate surface area is 390 Å². The van der Waals surface area contributed by atoms with Crippen molar-refractivity contribution >= 4 is 78.9 Å². The number of anilines is 6. The maximum Gasteiger partial charge on any atom is 0.101 e. The largest absolute Gasteiger partial charge is 0.302 e. The van der Waals surface area contributed by atoms with Gasteiger partial charge in [-0.05, 0) is 118 Å². The van der Waals surface area contributed by atoms with Gasteiger partial charge in [0.2, 0.25) is 0 Å². The number of thiophene rings is 2. The average Bonchev–Trinajstić information content (AvgIpc) is 4.01. The molecule has 10 aromatic rings. The van der Waals surface area contributed by atoms with Crippen LogP contribution < -0.4 is 9.80 Å². The predicted molar refractivity (Wildman–Crippen MR) is 270 cm³/mol. The van der Waals surface area contributed by atoms with E-state index in [0.29, 0.717) is 0 Å². The topological polar surface area (TPSA) is 6.48 Å². The van der Waals surface area contributed by atoms with Gasteiger partial charge in [0, 0.05) is 52.1 Å². The van der Waals surface area contributed by atoms with Crippen LogP contribution in [0.25, 0.3) is 0 Å². The number of rotatable bonds is 6. The molecule has 1 aliphatic carbocycles. The van der Waals surface area contributed by atoms with Crippen LogP contribution >= 0.6 is 46.2 Å². The van der Waals surface area contributed by atoms with E-state index in [2.05, 4.69) is 240 Å². The number of benzene rings is 8. The number of hydrogen-bond acceptors (Lipinski definition) is 6. The van der Waals surface area contributed by atoms with E-state index in [0.717, 1.165) is 22.7 Å². The van der Waals surface area contributed by atoms with Crippen LogP contribution in [0, 0.1) is 0 Å². The molecule has 0 saturated heterocycles. The van der Waals surface area contributed by atoms with E-state index < -0.39 is 10.8 Å². The van der Waals surface area contributed by atoms with Crippen LogP contribution in [0.5, 0.6) is 0 Å².